The first kappa shape index (κ1) is 49.4. The summed E-state index contributed by atoms with van der Waals surface area (Å²) in [4.78, 5) is 0. The fourth-order valence-electron chi connectivity index (χ4n) is 14.0. The number of aromatic nitrogens is 1. The molecule has 399 valence electrons. The predicted octanol–water partition coefficient (Wildman–Crippen LogP) is 21.9. The Balaban J connectivity index is 0.730. The lowest BCUT2D eigenvalue weighted by Gasteiger charge is -2.32. The first-order valence-electron chi connectivity index (χ1n) is 29.5. The highest BCUT2D eigenvalue weighted by Crippen LogP contribution is 2.42. The molecule has 3 heteroatoms. The first-order chi connectivity index (χ1) is 41.8. The van der Waals surface area contributed by atoms with Gasteiger partial charge in [-0.3, -0.25) is 0 Å². The second kappa shape index (κ2) is 19.5. The first-order valence-corrected chi connectivity index (χ1v) is 33.3. The number of hydrogen-bond donors (Lipinski definition) is 0. The van der Waals surface area contributed by atoms with Gasteiger partial charge in [0.15, 0.2) is 0 Å². The van der Waals surface area contributed by atoms with E-state index in [0.717, 1.165) is 0 Å². The van der Waals surface area contributed by atoms with Crippen LogP contribution in [-0.4, -0.2) is 12.6 Å². The van der Waals surface area contributed by atoms with Gasteiger partial charge in [-0.05, 0) is 148 Å². The summed E-state index contributed by atoms with van der Waals surface area (Å²) in [6.07, 6.45) is 0. The van der Waals surface area contributed by atoms with Crippen molar-refractivity contribution >= 4 is 93.3 Å². The van der Waals surface area contributed by atoms with Crippen molar-refractivity contribution in [2.75, 3.05) is 0 Å². The molecule has 0 atom stereocenters. The minimum Gasteiger partial charge on any atom is -0.309 e. The van der Waals surface area contributed by atoms with Crippen LogP contribution in [0.3, 0.4) is 0 Å². The Kier molecular flexibility index (Phi) is 11.3. The number of rotatable bonds is 8. The van der Waals surface area contributed by atoms with Crippen LogP contribution in [0.25, 0.3) is 158 Å². The van der Waals surface area contributed by atoms with E-state index in [1.165, 1.54) is 169 Å². The maximum Gasteiger partial charge on any atom is 0.0541 e. The molecule has 3 heterocycles. The van der Waals surface area contributed by atoms with Crippen LogP contribution in [-0.2, 0) is 0 Å². The fraction of sp³-hybridized carbons (Fsp3) is 0.0244. The average Bonchev–Trinajstić information content (AvgIpc) is 2.41. The minimum absolute atomic E-state index is 1.20. The molecule has 17 rings (SSSR count). The lowest BCUT2D eigenvalue weighted by atomic mass is 9.95. The van der Waals surface area contributed by atoms with Crippen molar-refractivity contribution in [1.29, 1.82) is 0 Å². The number of hydrogen-bond acceptors (Lipinski definition) is 1. The van der Waals surface area contributed by atoms with Crippen LogP contribution in [0.5, 0.6) is 0 Å². The SMILES string of the molecule is C[Si-]1(C)c2cc(-c3ccc4sc5ccccc5c4c3)ccc2-c2ccc(-n3c4ccc(-c5ccc(-c6ccc(-c7cccc8ccccc78)cc6)cc5)cc4c4cc(-c5ccc(-c6ccc(-c7cccc8ccccc78)cc6)cc5)ccc43)cc21. The van der Waals surface area contributed by atoms with Crippen LogP contribution >= 0.6 is 11.3 Å². The van der Waals surface area contributed by atoms with Gasteiger partial charge in [0, 0.05) is 36.6 Å². The summed E-state index contributed by atoms with van der Waals surface area (Å²) in [6.45, 7) is 5.09. The van der Waals surface area contributed by atoms with Crippen LogP contribution in [0.2, 0.25) is 13.1 Å². The molecule has 0 aliphatic carbocycles. The molecule has 1 aliphatic rings. The van der Waals surface area contributed by atoms with E-state index in [0.29, 0.717) is 0 Å². The quantitative estimate of drug-likeness (QED) is 0.134. The second-order valence-electron chi connectivity index (χ2n) is 23.6. The zero-order valence-electron chi connectivity index (χ0n) is 47.1. The van der Waals surface area contributed by atoms with E-state index in [-0.39, 0.29) is 0 Å². The summed E-state index contributed by atoms with van der Waals surface area (Å²) in [5.41, 5.74) is 23.5. The molecule has 0 N–H and O–H groups in total. The van der Waals surface area contributed by atoms with Gasteiger partial charge in [-0.1, -0.05) is 268 Å². The van der Waals surface area contributed by atoms with Crippen LogP contribution < -0.4 is 10.4 Å². The van der Waals surface area contributed by atoms with Crippen molar-refractivity contribution in [3.63, 3.8) is 0 Å². The van der Waals surface area contributed by atoms with Gasteiger partial charge in [-0.2, -0.15) is 23.5 Å². The van der Waals surface area contributed by atoms with E-state index in [2.05, 4.69) is 315 Å². The molecule has 0 bridgehead atoms. The molecule has 2 aromatic heterocycles. The van der Waals surface area contributed by atoms with Gasteiger partial charge in [0.1, 0.15) is 0 Å². The van der Waals surface area contributed by atoms with Crippen molar-refractivity contribution in [2.24, 2.45) is 0 Å². The van der Waals surface area contributed by atoms with E-state index < -0.39 is 8.07 Å². The molecule has 0 radical (unpaired) electrons. The van der Waals surface area contributed by atoms with Gasteiger partial charge in [-0.15, -0.1) is 11.3 Å². The minimum atomic E-state index is -2.14. The van der Waals surface area contributed by atoms with Gasteiger partial charge in [0.05, 0.1) is 11.0 Å². The Labute approximate surface area is 499 Å². The molecule has 0 saturated carbocycles. The van der Waals surface area contributed by atoms with Crippen molar-refractivity contribution in [3.05, 3.63) is 297 Å². The van der Waals surface area contributed by atoms with Crippen LogP contribution in [0, 0.1) is 0 Å². The smallest absolute Gasteiger partial charge is 0.0541 e. The number of benzene rings is 14. The summed E-state index contributed by atoms with van der Waals surface area (Å²) in [5.74, 6) is 0. The zero-order chi connectivity index (χ0) is 56.3. The Hall–Kier alpha value is -10.2. The van der Waals surface area contributed by atoms with Gasteiger partial charge >= 0.3 is 0 Å². The van der Waals surface area contributed by atoms with Gasteiger partial charge in [-0.25, -0.2) is 0 Å². The Morgan fingerprint density at radius 3 is 1.15 bits per heavy atom. The summed E-state index contributed by atoms with van der Waals surface area (Å²) in [5, 5.41) is 13.2. The molecule has 0 amide bonds. The van der Waals surface area contributed by atoms with Gasteiger partial charge < -0.3 is 4.57 Å². The predicted molar refractivity (Wildman–Crippen MR) is 369 cm³/mol. The molecular weight excluding hydrogens is 1060 g/mol. The van der Waals surface area contributed by atoms with Crippen LogP contribution in [0.4, 0.5) is 0 Å². The fourth-order valence-corrected chi connectivity index (χ4v) is 18.1. The van der Waals surface area contributed by atoms with Crippen molar-refractivity contribution in [2.45, 2.75) is 13.1 Å². The molecule has 0 unspecified atom stereocenters. The molecule has 0 fully saturated rings. The largest absolute Gasteiger partial charge is 0.309 e. The zero-order valence-corrected chi connectivity index (χ0v) is 49.0. The summed E-state index contributed by atoms with van der Waals surface area (Å²) in [6, 6.07) is 111. The molecule has 14 aromatic carbocycles. The van der Waals surface area contributed by atoms with E-state index in [1.54, 1.807) is 0 Å². The lowest BCUT2D eigenvalue weighted by Crippen LogP contribution is -2.49. The van der Waals surface area contributed by atoms with Crippen LogP contribution in [0.1, 0.15) is 0 Å². The topological polar surface area (TPSA) is 4.93 Å². The summed E-state index contributed by atoms with van der Waals surface area (Å²) in [7, 11) is -2.14. The third-order valence-electron chi connectivity index (χ3n) is 18.5. The van der Waals surface area contributed by atoms with E-state index in [4.69, 9.17) is 0 Å². The monoisotopic (exact) mass is 1110 g/mol. The lowest BCUT2D eigenvalue weighted by molar-refractivity contribution is 1.18. The molecule has 0 saturated heterocycles. The highest BCUT2D eigenvalue weighted by molar-refractivity contribution is 7.25. The molecule has 85 heavy (non-hydrogen) atoms. The maximum atomic E-state index is 2.55. The average molecular weight is 1110 g/mol. The van der Waals surface area contributed by atoms with Crippen molar-refractivity contribution in [1.82, 2.24) is 4.57 Å². The van der Waals surface area contributed by atoms with Gasteiger partial charge in [0.2, 0.25) is 0 Å². The highest BCUT2D eigenvalue weighted by atomic mass is 32.1. The number of thiophene rings is 1. The van der Waals surface area contributed by atoms with Gasteiger partial charge in [0.25, 0.3) is 0 Å². The maximum absolute atomic E-state index is 2.55. The second-order valence-corrected chi connectivity index (χ2v) is 29.0. The number of nitrogens with zero attached hydrogens (tertiary/aromatic N) is 1. The number of fused-ring (bicyclic) bond motifs is 11. The normalized spacial score (nSPS) is 12.7. The van der Waals surface area contributed by atoms with E-state index >= 15 is 0 Å². The standard InChI is InChI=1S/C82H55NSSi/c1-85(2)81-50-65(64-40-46-80-76(49-64)71-17-7-8-20-79(71)84-80)37-42-72(81)73-43-41-66(51-82(73)85)83-77-44-38-62(56-25-21-52(22-26-56)54-29-33-60(34-30-54)69-18-9-13-58-11-3-5-15-67(58)69)47-74(77)75-48-63(39-45-78(75)83)57-27-23-53(24-28-57)55-31-35-61(36-32-55)70-19-10-14-59-12-4-6-16-68(59)70/h3-51H,1-2H3/q-1. The highest BCUT2D eigenvalue weighted by Gasteiger charge is 2.28. The molecule has 0 spiro atoms. The van der Waals surface area contributed by atoms with Crippen molar-refractivity contribution < 1.29 is 0 Å². The van der Waals surface area contributed by atoms with E-state index in [1.807, 2.05) is 11.3 Å². The molecule has 1 aliphatic heterocycles. The Morgan fingerprint density at radius 1 is 0.247 bits per heavy atom. The Bertz CT molecular complexity index is 5120. The molecule has 16 aromatic rings. The molecule has 1 nitrogen and oxygen atoms in total. The summed E-state index contributed by atoms with van der Waals surface area (Å²) < 4.78 is 5.20. The van der Waals surface area contributed by atoms with Crippen LogP contribution in [0.15, 0.2) is 297 Å². The van der Waals surface area contributed by atoms with Crippen molar-refractivity contribution in [3.8, 4) is 94.7 Å². The third-order valence-corrected chi connectivity index (χ3v) is 23.1. The van der Waals surface area contributed by atoms with E-state index in [9.17, 15) is 0 Å². The molecular formula is C82H55NSSi-. The Morgan fingerprint density at radius 2 is 0.612 bits per heavy atom. The summed E-state index contributed by atoms with van der Waals surface area (Å²) >= 11 is 1.88. The third kappa shape index (κ3) is 8.18.